The molecule has 6 nitrogen and oxygen atoms in total. The molecule has 3 rings (SSSR count). The average molecular weight is 319 g/mol. The number of amides is 1. The maximum Gasteiger partial charge on any atom is 0.308 e. The van der Waals surface area contributed by atoms with Crippen LogP contribution < -0.4 is 0 Å². The number of ether oxygens (including phenoxy) is 1. The van der Waals surface area contributed by atoms with Crippen molar-refractivity contribution in [1.82, 2.24) is 14.3 Å². The number of carbonyl (C=O) groups excluding carboxylic acids is 2. The third-order valence-electron chi connectivity index (χ3n) is 4.18. The second kappa shape index (κ2) is 6.36. The molecule has 1 fully saturated rings. The van der Waals surface area contributed by atoms with Gasteiger partial charge in [-0.1, -0.05) is 0 Å². The number of hydrogen-bond donors (Lipinski definition) is 0. The van der Waals surface area contributed by atoms with E-state index in [1.165, 1.54) is 19.4 Å². The number of imidazole rings is 1. The molecule has 0 aliphatic carbocycles. The molecule has 1 aliphatic rings. The Balaban J connectivity index is 1.61. The summed E-state index contributed by atoms with van der Waals surface area (Å²) in [6.07, 6.45) is 4.41. The second-order valence-electron chi connectivity index (χ2n) is 5.70. The SMILES string of the molecule is COC(=O)C1CCN(C(=O)Cc2cn3cc(F)ccc3n2)CC1. The Morgan fingerprint density at radius 2 is 2.04 bits per heavy atom. The van der Waals surface area contributed by atoms with Crippen molar-refractivity contribution in [3.8, 4) is 0 Å². The van der Waals surface area contributed by atoms with Gasteiger partial charge in [0.15, 0.2) is 0 Å². The highest BCUT2D eigenvalue weighted by Gasteiger charge is 2.28. The van der Waals surface area contributed by atoms with Crippen LogP contribution in [-0.2, 0) is 20.7 Å². The first-order chi connectivity index (χ1) is 11.1. The molecule has 122 valence electrons. The highest BCUT2D eigenvalue weighted by molar-refractivity contribution is 5.79. The van der Waals surface area contributed by atoms with Crippen LogP contribution in [0.4, 0.5) is 4.39 Å². The molecule has 0 atom stereocenters. The number of hydrogen-bond acceptors (Lipinski definition) is 4. The van der Waals surface area contributed by atoms with Crippen molar-refractivity contribution >= 4 is 17.5 Å². The fraction of sp³-hybridized carbons (Fsp3) is 0.438. The third kappa shape index (κ3) is 3.33. The Bertz CT molecular complexity index is 735. The molecule has 1 aliphatic heterocycles. The van der Waals surface area contributed by atoms with Crippen LogP contribution in [0.15, 0.2) is 24.5 Å². The predicted octanol–water partition coefficient (Wildman–Crippen LogP) is 1.43. The standard InChI is InChI=1S/C16H18FN3O3/c1-23-16(22)11-4-6-19(7-5-11)15(21)8-13-10-20-9-12(17)2-3-14(20)18-13/h2-3,9-11H,4-8H2,1H3. The monoisotopic (exact) mass is 319 g/mol. The summed E-state index contributed by atoms with van der Waals surface area (Å²) in [5.41, 5.74) is 1.22. The molecule has 0 saturated carbocycles. The Labute approximate surface area is 132 Å². The lowest BCUT2D eigenvalue weighted by atomic mass is 9.97. The minimum Gasteiger partial charge on any atom is -0.469 e. The number of likely N-dealkylation sites (tertiary alicyclic amines) is 1. The molecule has 0 radical (unpaired) electrons. The summed E-state index contributed by atoms with van der Waals surface area (Å²) < 4.78 is 19.5. The number of aromatic nitrogens is 2. The molecule has 23 heavy (non-hydrogen) atoms. The van der Waals surface area contributed by atoms with Crippen LogP contribution in [0.25, 0.3) is 5.65 Å². The Morgan fingerprint density at radius 1 is 1.30 bits per heavy atom. The molecule has 0 aromatic carbocycles. The fourth-order valence-electron chi connectivity index (χ4n) is 2.90. The number of carbonyl (C=O) groups is 2. The van der Waals surface area contributed by atoms with E-state index in [4.69, 9.17) is 4.74 Å². The first kappa shape index (κ1) is 15.5. The van der Waals surface area contributed by atoms with Gasteiger partial charge in [0.05, 0.1) is 25.1 Å². The van der Waals surface area contributed by atoms with Gasteiger partial charge < -0.3 is 14.0 Å². The van der Waals surface area contributed by atoms with Gasteiger partial charge >= 0.3 is 5.97 Å². The fourth-order valence-corrected chi connectivity index (χ4v) is 2.90. The molecule has 0 spiro atoms. The average Bonchev–Trinajstić information content (AvgIpc) is 2.95. The second-order valence-corrected chi connectivity index (χ2v) is 5.70. The molecular formula is C16H18FN3O3. The summed E-state index contributed by atoms with van der Waals surface area (Å²) >= 11 is 0. The molecule has 0 unspecified atom stereocenters. The minimum atomic E-state index is -0.349. The smallest absolute Gasteiger partial charge is 0.308 e. The van der Waals surface area contributed by atoms with Gasteiger partial charge in [0.2, 0.25) is 5.91 Å². The van der Waals surface area contributed by atoms with E-state index in [0.717, 1.165) is 0 Å². The van der Waals surface area contributed by atoms with Crippen LogP contribution in [0.2, 0.25) is 0 Å². The number of halogens is 1. The zero-order chi connectivity index (χ0) is 16.4. The lowest BCUT2D eigenvalue weighted by molar-refractivity contribution is -0.148. The summed E-state index contributed by atoms with van der Waals surface area (Å²) in [6, 6.07) is 2.91. The van der Waals surface area contributed by atoms with Crippen molar-refractivity contribution in [3.63, 3.8) is 0 Å². The molecule has 1 saturated heterocycles. The van der Waals surface area contributed by atoms with Crippen LogP contribution in [0.5, 0.6) is 0 Å². The van der Waals surface area contributed by atoms with Crippen molar-refractivity contribution in [2.75, 3.05) is 20.2 Å². The van der Waals surface area contributed by atoms with Gasteiger partial charge in [0.1, 0.15) is 11.5 Å². The van der Waals surface area contributed by atoms with Gasteiger partial charge in [0, 0.05) is 25.5 Å². The van der Waals surface area contributed by atoms with Gasteiger partial charge in [-0.2, -0.15) is 0 Å². The highest BCUT2D eigenvalue weighted by Crippen LogP contribution is 2.19. The molecule has 2 aromatic rings. The van der Waals surface area contributed by atoms with Crippen LogP contribution in [0, 0.1) is 11.7 Å². The maximum absolute atomic E-state index is 13.2. The molecule has 2 aromatic heterocycles. The quantitative estimate of drug-likeness (QED) is 0.803. The van der Waals surface area contributed by atoms with E-state index in [9.17, 15) is 14.0 Å². The third-order valence-corrected chi connectivity index (χ3v) is 4.18. The van der Waals surface area contributed by atoms with E-state index >= 15 is 0 Å². The molecule has 0 bridgehead atoms. The highest BCUT2D eigenvalue weighted by atomic mass is 19.1. The molecule has 0 N–H and O–H groups in total. The minimum absolute atomic E-state index is 0.0304. The number of rotatable bonds is 3. The normalized spacial score (nSPS) is 15.8. The molecule has 1 amide bonds. The van der Waals surface area contributed by atoms with Crippen molar-refractivity contribution < 1.29 is 18.7 Å². The summed E-state index contributed by atoms with van der Waals surface area (Å²) in [5.74, 6) is -0.712. The Kier molecular flexibility index (Phi) is 4.27. The van der Waals surface area contributed by atoms with Gasteiger partial charge in [-0.3, -0.25) is 9.59 Å². The van der Waals surface area contributed by atoms with E-state index in [2.05, 4.69) is 4.98 Å². The lowest BCUT2D eigenvalue weighted by Crippen LogP contribution is -2.41. The van der Waals surface area contributed by atoms with Gasteiger partial charge in [-0.05, 0) is 25.0 Å². The van der Waals surface area contributed by atoms with Crippen LogP contribution in [0.1, 0.15) is 18.5 Å². The van der Waals surface area contributed by atoms with E-state index in [1.807, 2.05) is 0 Å². The van der Waals surface area contributed by atoms with Crippen LogP contribution in [-0.4, -0.2) is 46.4 Å². The topological polar surface area (TPSA) is 63.9 Å². The van der Waals surface area contributed by atoms with Gasteiger partial charge in [0.25, 0.3) is 0 Å². The number of nitrogens with zero attached hydrogens (tertiary/aromatic N) is 3. The zero-order valence-electron chi connectivity index (χ0n) is 12.9. The van der Waals surface area contributed by atoms with E-state index in [0.29, 0.717) is 37.3 Å². The van der Waals surface area contributed by atoms with Crippen LogP contribution >= 0.6 is 0 Å². The number of esters is 1. The van der Waals surface area contributed by atoms with Gasteiger partial charge in [-0.25, -0.2) is 9.37 Å². The van der Waals surface area contributed by atoms with Crippen molar-refractivity contribution in [2.45, 2.75) is 19.3 Å². The van der Waals surface area contributed by atoms with Crippen molar-refractivity contribution in [1.29, 1.82) is 0 Å². The Hall–Kier alpha value is -2.44. The van der Waals surface area contributed by atoms with Crippen LogP contribution in [0.3, 0.4) is 0 Å². The molecule has 7 heteroatoms. The van der Waals surface area contributed by atoms with Crippen molar-refractivity contribution in [3.05, 3.63) is 36.0 Å². The van der Waals surface area contributed by atoms with Gasteiger partial charge in [-0.15, -0.1) is 0 Å². The number of fused-ring (bicyclic) bond motifs is 1. The summed E-state index contributed by atoms with van der Waals surface area (Å²) in [6.45, 7) is 1.08. The first-order valence-electron chi connectivity index (χ1n) is 7.55. The molecular weight excluding hydrogens is 301 g/mol. The largest absolute Gasteiger partial charge is 0.469 e. The summed E-state index contributed by atoms with van der Waals surface area (Å²) in [4.78, 5) is 29.9. The zero-order valence-corrected chi connectivity index (χ0v) is 12.9. The van der Waals surface area contributed by atoms with E-state index in [1.54, 1.807) is 21.6 Å². The summed E-state index contributed by atoms with van der Waals surface area (Å²) in [7, 11) is 1.38. The number of methoxy groups -OCH3 is 1. The predicted molar refractivity (Wildman–Crippen MR) is 80.2 cm³/mol. The Morgan fingerprint density at radius 3 is 2.74 bits per heavy atom. The van der Waals surface area contributed by atoms with E-state index < -0.39 is 0 Å². The number of piperidine rings is 1. The first-order valence-corrected chi connectivity index (χ1v) is 7.55. The molecule has 3 heterocycles. The maximum atomic E-state index is 13.2. The van der Waals surface area contributed by atoms with Crippen molar-refractivity contribution in [2.24, 2.45) is 5.92 Å². The number of pyridine rings is 1. The van der Waals surface area contributed by atoms with E-state index in [-0.39, 0.29) is 30.0 Å². The lowest BCUT2D eigenvalue weighted by Gasteiger charge is -2.30. The summed E-state index contributed by atoms with van der Waals surface area (Å²) in [5, 5.41) is 0.